The van der Waals surface area contributed by atoms with Crippen LogP contribution >= 0.6 is 11.8 Å². The zero-order chi connectivity index (χ0) is 21.8. The number of piperidine rings is 1. The van der Waals surface area contributed by atoms with Crippen LogP contribution < -0.4 is 5.32 Å². The van der Waals surface area contributed by atoms with Crippen LogP contribution in [0.15, 0.2) is 58.5 Å². The lowest BCUT2D eigenvalue weighted by molar-refractivity contribution is -0.113. The molecule has 0 unspecified atom stereocenters. The van der Waals surface area contributed by atoms with Crippen LogP contribution in [0.2, 0.25) is 0 Å². The summed E-state index contributed by atoms with van der Waals surface area (Å²) in [5, 5.41) is 3.70. The zero-order valence-corrected chi connectivity index (χ0v) is 18.7. The Hall–Kier alpha value is -2.51. The summed E-state index contributed by atoms with van der Waals surface area (Å²) in [6.07, 6.45) is 2.65. The number of nitrogens with one attached hydrogen (secondary N) is 1. The standard InChI is InChI=1S/C24H27FN4OS/c1-3-17-4-10-20(11-5-17)26-21(30)16-31-23-22(18-6-8-19(25)9-7-18)27-24(28-23)12-14-29(2)15-13-24/h4-11H,3,12-16H2,1-2H3,(H,26,30). The molecule has 162 valence electrons. The highest BCUT2D eigenvalue weighted by Gasteiger charge is 2.39. The van der Waals surface area contributed by atoms with Crippen LogP contribution in [0, 0.1) is 5.82 Å². The number of carbonyl (C=O) groups excluding carboxylic acids is 1. The molecule has 0 atom stereocenters. The van der Waals surface area contributed by atoms with Crippen LogP contribution in [0.4, 0.5) is 10.1 Å². The third kappa shape index (κ3) is 5.22. The normalized spacial score (nSPS) is 18.0. The zero-order valence-electron chi connectivity index (χ0n) is 17.9. The van der Waals surface area contributed by atoms with E-state index in [0.29, 0.717) is 0 Å². The van der Waals surface area contributed by atoms with E-state index in [-0.39, 0.29) is 17.5 Å². The summed E-state index contributed by atoms with van der Waals surface area (Å²) < 4.78 is 13.4. The molecular weight excluding hydrogens is 411 g/mol. The van der Waals surface area contributed by atoms with Gasteiger partial charge < -0.3 is 10.2 Å². The van der Waals surface area contributed by atoms with Gasteiger partial charge in [-0.3, -0.25) is 9.79 Å². The van der Waals surface area contributed by atoms with Crippen LogP contribution in [0.5, 0.6) is 0 Å². The minimum absolute atomic E-state index is 0.0836. The molecule has 2 aliphatic rings. The third-order valence-electron chi connectivity index (χ3n) is 5.72. The van der Waals surface area contributed by atoms with Crippen LogP contribution in [0.25, 0.3) is 0 Å². The van der Waals surface area contributed by atoms with E-state index in [2.05, 4.69) is 24.2 Å². The molecule has 0 aromatic heterocycles. The van der Waals surface area contributed by atoms with Crippen molar-refractivity contribution in [3.8, 4) is 0 Å². The van der Waals surface area contributed by atoms with Crippen LogP contribution in [0.3, 0.4) is 0 Å². The van der Waals surface area contributed by atoms with Gasteiger partial charge in [-0.15, -0.1) is 0 Å². The molecule has 1 spiro atoms. The summed E-state index contributed by atoms with van der Waals surface area (Å²) in [6.45, 7) is 3.95. The molecule has 0 bridgehead atoms. The number of likely N-dealkylation sites (tertiary alicyclic amines) is 1. The number of halogens is 1. The number of aryl methyl sites for hydroxylation is 1. The van der Waals surface area contributed by atoms with E-state index in [9.17, 15) is 9.18 Å². The molecule has 2 aliphatic heterocycles. The SMILES string of the molecule is CCc1ccc(NC(=O)CSC2=NC3(CCN(C)CC3)N=C2c2ccc(F)cc2)cc1. The second-order valence-corrected chi connectivity index (χ2v) is 9.02. The van der Waals surface area contributed by atoms with Gasteiger partial charge in [0, 0.05) is 37.2 Å². The maximum atomic E-state index is 13.4. The van der Waals surface area contributed by atoms with E-state index in [4.69, 9.17) is 9.98 Å². The third-order valence-corrected chi connectivity index (χ3v) is 6.69. The molecule has 0 saturated carbocycles. The Balaban J connectivity index is 1.48. The molecule has 1 saturated heterocycles. The van der Waals surface area contributed by atoms with Gasteiger partial charge >= 0.3 is 0 Å². The molecule has 2 aromatic carbocycles. The lowest BCUT2D eigenvalue weighted by Crippen LogP contribution is -2.39. The summed E-state index contributed by atoms with van der Waals surface area (Å²) in [4.78, 5) is 24.8. The second-order valence-electron chi connectivity index (χ2n) is 8.06. The minimum atomic E-state index is -0.467. The molecule has 31 heavy (non-hydrogen) atoms. The Morgan fingerprint density at radius 2 is 1.77 bits per heavy atom. The Labute approximate surface area is 186 Å². The van der Waals surface area contributed by atoms with Crippen LogP contribution in [-0.4, -0.2) is 53.1 Å². The molecule has 1 fully saturated rings. The van der Waals surface area contributed by atoms with E-state index in [1.54, 1.807) is 12.1 Å². The Morgan fingerprint density at radius 3 is 2.42 bits per heavy atom. The number of benzene rings is 2. The van der Waals surface area contributed by atoms with Crippen molar-refractivity contribution in [3.05, 3.63) is 65.5 Å². The van der Waals surface area contributed by atoms with Crippen LogP contribution in [0.1, 0.15) is 30.9 Å². The summed E-state index contributed by atoms with van der Waals surface area (Å²) in [7, 11) is 2.10. The Morgan fingerprint density at radius 1 is 1.10 bits per heavy atom. The fraction of sp³-hybridized carbons (Fsp3) is 0.375. The van der Waals surface area contributed by atoms with Crippen molar-refractivity contribution in [2.45, 2.75) is 31.8 Å². The molecular formula is C24H27FN4OS. The van der Waals surface area contributed by atoms with E-state index in [0.717, 1.165) is 54.4 Å². The van der Waals surface area contributed by atoms with E-state index < -0.39 is 5.66 Å². The monoisotopic (exact) mass is 438 g/mol. The summed E-state index contributed by atoms with van der Waals surface area (Å²) in [5.41, 5.74) is 3.14. The number of hydrogen-bond donors (Lipinski definition) is 1. The highest BCUT2D eigenvalue weighted by molar-refractivity contribution is 8.16. The number of hydrogen-bond acceptors (Lipinski definition) is 5. The molecule has 0 aliphatic carbocycles. The first kappa shape index (κ1) is 21.7. The molecule has 5 nitrogen and oxygen atoms in total. The maximum absolute atomic E-state index is 13.4. The van der Waals surface area contributed by atoms with Gasteiger partial charge in [-0.1, -0.05) is 30.8 Å². The average molecular weight is 439 g/mol. The second kappa shape index (κ2) is 9.32. The number of anilines is 1. The highest BCUT2D eigenvalue weighted by atomic mass is 32.2. The number of aliphatic imine (C=N–C) groups is 2. The number of carbonyl (C=O) groups is 1. The van der Waals surface area contributed by atoms with Gasteiger partial charge in [0.1, 0.15) is 10.9 Å². The van der Waals surface area contributed by atoms with Crippen molar-refractivity contribution in [1.82, 2.24) is 4.90 Å². The average Bonchev–Trinajstić information content (AvgIpc) is 3.14. The van der Waals surface area contributed by atoms with Crippen LogP contribution in [-0.2, 0) is 11.2 Å². The molecule has 0 radical (unpaired) electrons. The smallest absolute Gasteiger partial charge is 0.234 e. The lowest BCUT2D eigenvalue weighted by atomic mass is 9.99. The quantitative estimate of drug-likeness (QED) is 0.754. The van der Waals surface area contributed by atoms with Gasteiger partial charge in [-0.05, 0) is 55.4 Å². The summed E-state index contributed by atoms with van der Waals surface area (Å²) in [5.74, 6) is -0.124. The predicted octanol–water partition coefficient (Wildman–Crippen LogP) is 4.38. The van der Waals surface area contributed by atoms with Crippen molar-refractivity contribution in [1.29, 1.82) is 0 Å². The first-order valence-corrected chi connectivity index (χ1v) is 11.6. The fourth-order valence-electron chi connectivity index (χ4n) is 3.77. The minimum Gasteiger partial charge on any atom is -0.325 e. The van der Waals surface area contributed by atoms with Gasteiger partial charge in [-0.25, -0.2) is 9.38 Å². The largest absolute Gasteiger partial charge is 0.325 e. The van der Waals surface area contributed by atoms with E-state index >= 15 is 0 Å². The van der Waals surface area contributed by atoms with Crippen molar-refractivity contribution in [2.75, 3.05) is 31.2 Å². The van der Waals surface area contributed by atoms with Gasteiger partial charge in [0.2, 0.25) is 5.91 Å². The molecule has 2 heterocycles. The first-order chi connectivity index (χ1) is 15.0. The number of thioether (sulfide) groups is 1. The van der Waals surface area contributed by atoms with Crippen molar-refractivity contribution >= 4 is 34.1 Å². The van der Waals surface area contributed by atoms with Crippen molar-refractivity contribution in [2.24, 2.45) is 9.98 Å². The number of nitrogens with zero attached hydrogens (tertiary/aromatic N) is 3. The van der Waals surface area contributed by atoms with Crippen molar-refractivity contribution < 1.29 is 9.18 Å². The number of rotatable bonds is 5. The van der Waals surface area contributed by atoms with Gasteiger partial charge in [-0.2, -0.15) is 0 Å². The predicted molar refractivity (Wildman–Crippen MR) is 127 cm³/mol. The Bertz CT molecular complexity index is 993. The molecule has 4 rings (SSSR count). The Kier molecular flexibility index (Phi) is 6.53. The first-order valence-electron chi connectivity index (χ1n) is 10.6. The topological polar surface area (TPSA) is 57.1 Å². The van der Waals surface area contributed by atoms with E-state index in [1.165, 1.54) is 29.5 Å². The summed E-state index contributed by atoms with van der Waals surface area (Å²) >= 11 is 1.39. The maximum Gasteiger partial charge on any atom is 0.234 e. The van der Waals surface area contributed by atoms with Gasteiger partial charge in [0.15, 0.2) is 5.66 Å². The van der Waals surface area contributed by atoms with Crippen molar-refractivity contribution in [3.63, 3.8) is 0 Å². The van der Waals surface area contributed by atoms with Gasteiger partial charge in [0.25, 0.3) is 0 Å². The molecule has 1 amide bonds. The lowest BCUT2D eigenvalue weighted by Gasteiger charge is -2.33. The van der Waals surface area contributed by atoms with Gasteiger partial charge in [0.05, 0.1) is 11.5 Å². The molecule has 2 aromatic rings. The molecule has 7 heteroatoms. The van der Waals surface area contributed by atoms with E-state index in [1.807, 2.05) is 24.3 Å². The highest BCUT2D eigenvalue weighted by Crippen LogP contribution is 2.35. The molecule has 1 N–H and O–H groups in total. The fourth-order valence-corrected chi connectivity index (χ4v) is 4.65. The number of amides is 1. The summed E-state index contributed by atoms with van der Waals surface area (Å²) in [6, 6.07) is 14.2.